The van der Waals surface area contributed by atoms with Crippen LogP contribution < -0.4 is 10.1 Å². The molecule has 1 heterocycles. The number of hydrogen-bond donors (Lipinski definition) is 1. The Morgan fingerprint density at radius 3 is 2.71 bits per heavy atom. The summed E-state index contributed by atoms with van der Waals surface area (Å²) in [6.07, 6.45) is 3.25. The topological polar surface area (TPSA) is 90.7 Å². The van der Waals surface area contributed by atoms with Crippen LogP contribution in [0.3, 0.4) is 0 Å². The van der Waals surface area contributed by atoms with Crippen LogP contribution in [-0.4, -0.2) is 23.6 Å². The lowest BCUT2D eigenvalue weighted by Crippen LogP contribution is -2.21. The van der Waals surface area contributed by atoms with Crippen LogP contribution in [0, 0.1) is 13.8 Å². The van der Waals surface area contributed by atoms with Gasteiger partial charge in [0.1, 0.15) is 23.7 Å². The Morgan fingerprint density at radius 2 is 1.90 bits per heavy atom. The lowest BCUT2D eigenvalue weighted by Gasteiger charge is -2.11. The number of ether oxygens (including phenoxy) is 2. The Hall–Kier alpha value is -3.61. The van der Waals surface area contributed by atoms with E-state index < -0.39 is 5.97 Å². The van der Waals surface area contributed by atoms with Gasteiger partial charge < -0.3 is 19.3 Å². The number of para-hydroxylation sites is 1. The molecule has 1 amide bonds. The summed E-state index contributed by atoms with van der Waals surface area (Å²) in [7, 11) is 0. The van der Waals surface area contributed by atoms with E-state index in [9.17, 15) is 9.59 Å². The van der Waals surface area contributed by atoms with Gasteiger partial charge in [0.15, 0.2) is 6.61 Å². The number of fused-ring (bicyclic) bond motifs is 1. The van der Waals surface area contributed by atoms with Gasteiger partial charge in [0.2, 0.25) is 0 Å². The average molecular weight is 420 g/mol. The maximum absolute atomic E-state index is 12.6. The van der Waals surface area contributed by atoms with Gasteiger partial charge in [-0.25, -0.2) is 4.79 Å². The van der Waals surface area contributed by atoms with Gasteiger partial charge in [-0.3, -0.25) is 4.79 Å². The van der Waals surface area contributed by atoms with E-state index in [0.717, 1.165) is 30.5 Å². The standard InChI is InChI=1S/C24H24N2O5/c1-15-21(16(2)31-26-15)13-29-22-9-4-3-8-20(22)24(28)30-14-23(27)25-19-11-10-17-6-5-7-18(17)12-19/h3-4,8-12H,5-7,13-14H2,1-2H3,(H,25,27). The van der Waals surface area contributed by atoms with Crippen LogP contribution in [0.25, 0.3) is 0 Å². The third-order valence-electron chi connectivity index (χ3n) is 5.38. The number of anilines is 1. The van der Waals surface area contributed by atoms with Crippen LogP contribution >= 0.6 is 0 Å². The van der Waals surface area contributed by atoms with Crippen molar-refractivity contribution in [3.8, 4) is 5.75 Å². The number of carbonyl (C=O) groups excluding carboxylic acids is 2. The number of aryl methyl sites for hydroxylation is 4. The molecular weight excluding hydrogens is 396 g/mol. The highest BCUT2D eigenvalue weighted by molar-refractivity contribution is 5.96. The lowest BCUT2D eigenvalue weighted by atomic mass is 10.1. The normalized spacial score (nSPS) is 12.3. The molecule has 7 heteroatoms. The smallest absolute Gasteiger partial charge is 0.342 e. The molecule has 3 aromatic rings. The second kappa shape index (κ2) is 9.04. The first-order valence-electron chi connectivity index (χ1n) is 10.2. The van der Waals surface area contributed by atoms with E-state index in [4.69, 9.17) is 14.0 Å². The van der Waals surface area contributed by atoms with E-state index in [1.54, 1.807) is 31.2 Å². The van der Waals surface area contributed by atoms with Crippen molar-refractivity contribution in [3.05, 3.63) is 76.2 Å². The Morgan fingerprint density at radius 1 is 1.10 bits per heavy atom. The van der Waals surface area contributed by atoms with Crippen LogP contribution in [0.2, 0.25) is 0 Å². The fraction of sp³-hybridized carbons (Fsp3) is 0.292. The zero-order valence-corrected chi connectivity index (χ0v) is 17.6. The van der Waals surface area contributed by atoms with Crippen LogP contribution in [0.1, 0.15) is 44.9 Å². The van der Waals surface area contributed by atoms with Crippen molar-refractivity contribution >= 4 is 17.6 Å². The lowest BCUT2D eigenvalue weighted by molar-refractivity contribution is -0.119. The molecular formula is C24H24N2O5. The van der Waals surface area contributed by atoms with Gasteiger partial charge in [-0.05, 0) is 68.5 Å². The molecule has 0 unspecified atom stereocenters. The summed E-state index contributed by atoms with van der Waals surface area (Å²) in [5, 5.41) is 6.68. The van der Waals surface area contributed by atoms with Crippen molar-refractivity contribution in [3.63, 3.8) is 0 Å². The molecule has 31 heavy (non-hydrogen) atoms. The highest BCUT2D eigenvalue weighted by Gasteiger charge is 2.18. The summed E-state index contributed by atoms with van der Waals surface area (Å²) in [6.45, 7) is 3.46. The zero-order valence-electron chi connectivity index (χ0n) is 17.6. The summed E-state index contributed by atoms with van der Waals surface area (Å²) in [4.78, 5) is 24.8. The third-order valence-corrected chi connectivity index (χ3v) is 5.38. The summed E-state index contributed by atoms with van der Waals surface area (Å²) >= 11 is 0. The summed E-state index contributed by atoms with van der Waals surface area (Å²) in [5.74, 6) is 0.0196. The van der Waals surface area contributed by atoms with E-state index >= 15 is 0 Å². The van der Waals surface area contributed by atoms with Gasteiger partial charge in [-0.2, -0.15) is 0 Å². The Kier molecular flexibility index (Phi) is 6.02. The first kappa shape index (κ1) is 20.7. The number of amides is 1. The van der Waals surface area contributed by atoms with Gasteiger partial charge in [-0.1, -0.05) is 23.4 Å². The van der Waals surface area contributed by atoms with E-state index in [2.05, 4.69) is 10.5 Å². The molecule has 0 bridgehead atoms. The molecule has 1 N–H and O–H groups in total. The molecule has 0 saturated carbocycles. The molecule has 0 spiro atoms. The molecule has 0 fully saturated rings. The zero-order chi connectivity index (χ0) is 21.8. The van der Waals surface area contributed by atoms with Crippen LogP contribution in [0.4, 0.5) is 5.69 Å². The van der Waals surface area contributed by atoms with Crippen molar-refractivity contribution < 1.29 is 23.6 Å². The minimum Gasteiger partial charge on any atom is -0.488 e. The molecule has 1 aliphatic carbocycles. The number of esters is 1. The largest absolute Gasteiger partial charge is 0.488 e. The van der Waals surface area contributed by atoms with Gasteiger partial charge in [0, 0.05) is 5.69 Å². The van der Waals surface area contributed by atoms with Crippen LogP contribution in [0.15, 0.2) is 47.0 Å². The van der Waals surface area contributed by atoms with E-state index in [-0.39, 0.29) is 24.7 Å². The maximum atomic E-state index is 12.6. The quantitative estimate of drug-likeness (QED) is 0.578. The van der Waals surface area contributed by atoms with Crippen LogP contribution in [-0.2, 0) is 29.0 Å². The van der Waals surface area contributed by atoms with E-state index in [1.807, 2.05) is 25.1 Å². The molecule has 0 atom stereocenters. The molecule has 160 valence electrons. The number of benzene rings is 2. The molecule has 7 nitrogen and oxygen atoms in total. The van der Waals surface area contributed by atoms with Crippen LogP contribution in [0.5, 0.6) is 5.75 Å². The SMILES string of the molecule is Cc1noc(C)c1COc1ccccc1C(=O)OCC(=O)Nc1ccc2c(c1)CCC2. The Bertz CT molecular complexity index is 1100. The highest BCUT2D eigenvalue weighted by Crippen LogP contribution is 2.25. The minimum atomic E-state index is -0.626. The first-order chi connectivity index (χ1) is 15.0. The number of nitrogens with one attached hydrogen (secondary N) is 1. The fourth-order valence-corrected chi connectivity index (χ4v) is 3.67. The summed E-state index contributed by atoms with van der Waals surface area (Å²) in [6, 6.07) is 12.7. The predicted octanol–water partition coefficient (Wildman–Crippen LogP) is 4.15. The molecule has 2 aromatic carbocycles. The van der Waals surface area contributed by atoms with Crippen molar-refractivity contribution in [2.75, 3.05) is 11.9 Å². The molecule has 1 aromatic heterocycles. The van der Waals surface area contributed by atoms with Crippen molar-refractivity contribution in [1.29, 1.82) is 0 Å². The monoisotopic (exact) mass is 420 g/mol. The van der Waals surface area contributed by atoms with Gasteiger partial charge in [0.25, 0.3) is 5.91 Å². The van der Waals surface area contributed by atoms with Crippen molar-refractivity contribution in [1.82, 2.24) is 5.16 Å². The highest BCUT2D eigenvalue weighted by atomic mass is 16.5. The molecule has 1 aliphatic rings. The second-order valence-electron chi connectivity index (χ2n) is 7.55. The number of aromatic nitrogens is 1. The third kappa shape index (κ3) is 4.77. The minimum absolute atomic E-state index is 0.213. The van der Waals surface area contributed by atoms with Crippen molar-refractivity contribution in [2.24, 2.45) is 0 Å². The molecule has 0 radical (unpaired) electrons. The fourth-order valence-electron chi connectivity index (χ4n) is 3.67. The molecule has 0 saturated heterocycles. The van der Waals surface area contributed by atoms with Gasteiger partial charge >= 0.3 is 5.97 Å². The Balaban J connectivity index is 1.34. The number of nitrogens with zero attached hydrogens (tertiary/aromatic N) is 1. The van der Waals surface area contributed by atoms with Gasteiger partial charge in [-0.15, -0.1) is 0 Å². The first-order valence-corrected chi connectivity index (χ1v) is 10.2. The summed E-state index contributed by atoms with van der Waals surface area (Å²) < 4.78 is 16.2. The summed E-state index contributed by atoms with van der Waals surface area (Å²) in [5.41, 5.74) is 5.12. The van der Waals surface area contributed by atoms with E-state index in [1.165, 1.54) is 11.1 Å². The number of hydrogen-bond acceptors (Lipinski definition) is 6. The number of carbonyl (C=O) groups is 2. The molecule has 0 aliphatic heterocycles. The predicted molar refractivity (Wildman–Crippen MR) is 114 cm³/mol. The second-order valence-corrected chi connectivity index (χ2v) is 7.55. The maximum Gasteiger partial charge on any atom is 0.342 e. The van der Waals surface area contributed by atoms with Gasteiger partial charge in [0.05, 0.1) is 11.3 Å². The Labute approximate surface area is 180 Å². The van der Waals surface area contributed by atoms with Crippen molar-refractivity contribution in [2.45, 2.75) is 39.7 Å². The molecule has 4 rings (SSSR count). The average Bonchev–Trinajstić information content (AvgIpc) is 3.36. The van der Waals surface area contributed by atoms with E-state index in [0.29, 0.717) is 17.2 Å². The number of rotatable bonds is 7.